The van der Waals surface area contributed by atoms with Crippen molar-refractivity contribution in [3.8, 4) is 22.8 Å². The normalized spacial score (nSPS) is 17.9. The number of carbonyl (C=O) groups excluding carboxylic acids is 2. The van der Waals surface area contributed by atoms with Crippen LogP contribution < -0.4 is 24.6 Å². The Morgan fingerprint density at radius 2 is 1.93 bits per heavy atom. The SMILES string of the molecule is CC1Oc2cc(N3CCCC3=O)ccc2-c2cnc(Nc3cnc4c(c3)N(COCC[Si](C)(C)C)C(=O)CO4)cc21. The number of rotatable bonds is 8. The Hall–Kier alpha value is -3.96. The highest BCUT2D eigenvalue weighted by molar-refractivity contribution is 6.76. The predicted octanol–water partition coefficient (Wildman–Crippen LogP) is 5.51. The lowest BCUT2D eigenvalue weighted by atomic mass is 9.94. The summed E-state index contributed by atoms with van der Waals surface area (Å²) < 4.78 is 17.7. The summed E-state index contributed by atoms with van der Waals surface area (Å²) >= 11 is 0. The first-order valence-electron chi connectivity index (χ1n) is 14.1. The number of benzene rings is 1. The highest BCUT2D eigenvalue weighted by Gasteiger charge is 2.29. The van der Waals surface area contributed by atoms with Crippen molar-refractivity contribution in [1.82, 2.24) is 9.97 Å². The van der Waals surface area contributed by atoms with Gasteiger partial charge in [-0.2, -0.15) is 0 Å². The van der Waals surface area contributed by atoms with Gasteiger partial charge in [0.25, 0.3) is 5.91 Å². The lowest BCUT2D eigenvalue weighted by Gasteiger charge is -2.29. The van der Waals surface area contributed by atoms with Gasteiger partial charge in [-0.25, -0.2) is 9.97 Å². The molecule has 11 heteroatoms. The Morgan fingerprint density at radius 1 is 1.07 bits per heavy atom. The summed E-state index contributed by atoms with van der Waals surface area (Å²) in [5, 5.41) is 3.32. The Morgan fingerprint density at radius 3 is 2.71 bits per heavy atom. The minimum absolute atomic E-state index is 0.0638. The second-order valence-electron chi connectivity index (χ2n) is 11.9. The molecule has 0 saturated carbocycles. The number of nitrogens with one attached hydrogen (secondary N) is 1. The summed E-state index contributed by atoms with van der Waals surface area (Å²) in [5.74, 6) is 1.76. The molecule has 41 heavy (non-hydrogen) atoms. The van der Waals surface area contributed by atoms with Gasteiger partial charge in [0.1, 0.15) is 30.1 Å². The molecular formula is C30H35N5O5Si. The second-order valence-corrected chi connectivity index (χ2v) is 17.5. The van der Waals surface area contributed by atoms with Gasteiger partial charge in [0, 0.05) is 62.3 Å². The fraction of sp³-hybridized carbons (Fsp3) is 0.400. The molecule has 1 aromatic carbocycles. The van der Waals surface area contributed by atoms with Gasteiger partial charge in [-0.3, -0.25) is 14.5 Å². The first-order chi connectivity index (χ1) is 19.7. The smallest absolute Gasteiger partial charge is 0.267 e. The van der Waals surface area contributed by atoms with Gasteiger partial charge in [0.15, 0.2) is 6.61 Å². The average Bonchev–Trinajstić information content (AvgIpc) is 3.37. The fourth-order valence-electron chi connectivity index (χ4n) is 5.25. The number of pyridine rings is 2. The Labute approximate surface area is 240 Å². The van der Waals surface area contributed by atoms with E-state index >= 15 is 0 Å². The van der Waals surface area contributed by atoms with Gasteiger partial charge in [-0.1, -0.05) is 19.6 Å². The molecule has 0 radical (unpaired) electrons. The number of carbonyl (C=O) groups is 2. The van der Waals surface area contributed by atoms with Gasteiger partial charge in [0.2, 0.25) is 11.8 Å². The molecule has 1 atom stereocenters. The van der Waals surface area contributed by atoms with Crippen LogP contribution in [0.15, 0.2) is 42.7 Å². The zero-order chi connectivity index (χ0) is 28.7. The number of fused-ring (bicyclic) bond motifs is 4. The van der Waals surface area contributed by atoms with E-state index in [-0.39, 0.29) is 31.3 Å². The van der Waals surface area contributed by atoms with E-state index in [0.717, 1.165) is 47.1 Å². The van der Waals surface area contributed by atoms with Crippen LogP contribution in [-0.4, -0.2) is 56.3 Å². The minimum Gasteiger partial charge on any atom is -0.485 e. The van der Waals surface area contributed by atoms with E-state index in [2.05, 4.69) is 34.9 Å². The molecule has 214 valence electrons. The third-order valence-corrected chi connectivity index (χ3v) is 9.27. The molecule has 2 aromatic heterocycles. The van der Waals surface area contributed by atoms with Gasteiger partial charge >= 0.3 is 0 Å². The summed E-state index contributed by atoms with van der Waals surface area (Å²) in [6, 6.07) is 10.7. The van der Waals surface area contributed by atoms with Crippen LogP contribution in [0.5, 0.6) is 11.6 Å². The third-order valence-electron chi connectivity index (χ3n) is 7.56. The number of nitrogens with zero attached hydrogens (tertiary/aromatic N) is 4. The van der Waals surface area contributed by atoms with Crippen LogP contribution in [0, 0.1) is 0 Å². The molecule has 1 unspecified atom stereocenters. The van der Waals surface area contributed by atoms with Crippen molar-refractivity contribution < 1.29 is 23.8 Å². The fourth-order valence-corrected chi connectivity index (χ4v) is 6.01. The summed E-state index contributed by atoms with van der Waals surface area (Å²) in [7, 11) is -1.24. The van der Waals surface area contributed by atoms with Crippen LogP contribution in [0.1, 0.15) is 31.4 Å². The molecule has 5 heterocycles. The zero-order valence-electron chi connectivity index (χ0n) is 23.9. The number of anilines is 4. The molecule has 3 aliphatic heterocycles. The first-order valence-corrected chi connectivity index (χ1v) is 17.8. The van der Waals surface area contributed by atoms with Crippen LogP contribution >= 0.6 is 0 Å². The molecular weight excluding hydrogens is 538 g/mol. The van der Waals surface area contributed by atoms with Gasteiger partial charge in [-0.15, -0.1) is 0 Å². The van der Waals surface area contributed by atoms with Crippen LogP contribution in [0.2, 0.25) is 25.7 Å². The molecule has 0 spiro atoms. The van der Waals surface area contributed by atoms with Gasteiger partial charge in [-0.05, 0) is 43.7 Å². The van der Waals surface area contributed by atoms with Crippen LogP contribution in [-0.2, 0) is 14.3 Å². The number of amides is 2. The monoisotopic (exact) mass is 573 g/mol. The van der Waals surface area contributed by atoms with Crippen molar-refractivity contribution in [1.29, 1.82) is 0 Å². The highest BCUT2D eigenvalue weighted by Crippen LogP contribution is 2.45. The molecule has 2 amide bonds. The summed E-state index contributed by atoms with van der Waals surface area (Å²) in [5.41, 5.74) is 5.05. The molecule has 3 aromatic rings. The molecule has 6 rings (SSSR count). The maximum absolute atomic E-state index is 12.7. The summed E-state index contributed by atoms with van der Waals surface area (Å²) in [6.07, 6.45) is 4.76. The largest absolute Gasteiger partial charge is 0.485 e. The molecule has 10 nitrogen and oxygen atoms in total. The third kappa shape index (κ3) is 5.64. The van der Waals surface area contributed by atoms with Crippen LogP contribution in [0.4, 0.5) is 22.9 Å². The quantitative estimate of drug-likeness (QED) is 0.278. The van der Waals surface area contributed by atoms with Crippen molar-refractivity contribution >= 4 is 42.8 Å². The van der Waals surface area contributed by atoms with E-state index in [9.17, 15) is 9.59 Å². The Kier molecular flexibility index (Phi) is 7.16. The Bertz CT molecular complexity index is 1510. The van der Waals surface area contributed by atoms with Crippen molar-refractivity contribution in [3.05, 3.63) is 48.3 Å². The molecule has 1 fully saturated rings. The van der Waals surface area contributed by atoms with E-state index in [0.29, 0.717) is 36.1 Å². The van der Waals surface area contributed by atoms with E-state index in [1.807, 2.05) is 48.4 Å². The van der Waals surface area contributed by atoms with Crippen molar-refractivity contribution in [2.24, 2.45) is 0 Å². The maximum Gasteiger partial charge on any atom is 0.267 e. The number of hydrogen-bond acceptors (Lipinski definition) is 8. The van der Waals surface area contributed by atoms with E-state index in [4.69, 9.17) is 14.2 Å². The average molecular weight is 574 g/mol. The first kappa shape index (κ1) is 27.2. The summed E-state index contributed by atoms with van der Waals surface area (Å²) in [4.78, 5) is 37.4. The standard InChI is InChI=1S/C30H35N5O5Si/c1-19-23-14-27(31-16-24(23)22-8-7-21(13-26(22)40-19)34-9-5-6-28(34)36)33-20-12-25-30(32-15-20)39-17-29(37)35(25)18-38-10-11-41(2,3)4/h7-8,12-16,19H,5-6,9-11,17-18H2,1-4H3,(H,31,33). The lowest BCUT2D eigenvalue weighted by molar-refractivity contribution is -0.122. The molecule has 1 N–H and O–H groups in total. The van der Waals surface area contributed by atoms with Crippen LogP contribution in [0.25, 0.3) is 11.1 Å². The molecule has 3 aliphatic rings. The molecule has 0 bridgehead atoms. The van der Waals surface area contributed by atoms with Gasteiger partial charge in [0.05, 0.1) is 11.9 Å². The highest BCUT2D eigenvalue weighted by atomic mass is 28.3. The second kappa shape index (κ2) is 10.8. The van der Waals surface area contributed by atoms with Crippen molar-refractivity contribution in [2.75, 3.05) is 41.6 Å². The zero-order valence-corrected chi connectivity index (χ0v) is 24.9. The molecule has 0 aliphatic carbocycles. The topological polar surface area (TPSA) is 106 Å². The number of ether oxygens (including phenoxy) is 3. The number of hydrogen-bond donors (Lipinski definition) is 1. The number of aromatic nitrogens is 2. The summed E-state index contributed by atoms with van der Waals surface area (Å²) in [6.45, 7) is 10.3. The predicted molar refractivity (Wildman–Crippen MR) is 160 cm³/mol. The maximum atomic E-state index is 12.7. The van der Waals surface area contributed by atoms with Crippen molar-refractivity contribution in [3.63, 3.8) is 0 Å². The lowest BCUT2D eigenvalue weighted by Crippen LogP contribution is -2.41. The van der Waals surface area contributed by atoms with Crippen LogP contribution in [0.3, 0.4) is 0 Å². The van der Waals surface area contributed by atoms with E-state index in [1.54, 1.807) is 11.1 Å². The van der Waals surface area contributed by atoms with Gasteiger partial charge < -0.3 is 24.4 Å². The minimum atomic E-state index is -1.24. The van der Waals surface area contributed by atoms with Crippen molar-refractivity contribution in [2.45, 2.75) is 51.6 Å². The molecule has 1 saturated heterocycles. The van der Waals surface area contributed by atoms with E-state index < -0.39 is 8.07 Å². The van der Waals surface area contributed by atoms with E-state index in [1.165, 1.54) is 0 Å². The Balaban J connectivity index is 1.21.